The van der Waals surface area contributed by atoms with E-state index in [4.69, 9.17) is 0 Å². The van der Waals surface area contributed by atoms with Crippen LogP contribution in [0.4, 0.5) is 5.82 Å². The molecule has 0 aliphatic carbocycles. The van der Waals surface area contributed by atoms with Gasteiger partial charge in [-0.3, -0.25) is 0 Å². The van der Waals surface area contributed by atoms with Crippen molar-refractivity contribution in [3.63, 3.8) is 0 Å². The van der Waals surface area contributed by atoms with E-state index in [0.717, 1.165) is 18.8 Å². The van der Waals surface area contributed by atoms with Crippen LogP contribution >= 0.6 is 0 Å². The standard InChI is InChI=1S/C13H23N3/c1-6-7-14-13-11(9(2)3)12(10(4)5)15-8-16-13/h8-10H,6-7H2,1-5H3,(H,14,15,16). The van der Waals surface area contributed by atoms with Gasteiger partial charge in [0.25, 0.3) is 0 Å². The van der Waals surface area contributed by atoms with Gasteiger partial charge in [0.05, 0.1) is 5.69 Å². The first-order chi connectivity index (χ1) is 7.57. The lowest BCUT2D eigenvalue weighted by Crippen LogP contribution is -2.11. The second kappa shape index (κ2) is 5.83. The Hall–Kier alpha value is -1.12. The number of aromatic nitrogens is 2. The molecule has 0 amide bonds. The third-order valence-electron chi connectivity index (χ3n) is 2.58. The molecular formula is C13H23N3. The molecule has 0 bridgehead atoms. The van der Waals surface area contributed by atoms with Crippen molar-refractivity contribution >= 4 is 5.82 Å². The second-order valence-electron chi connectivity index (χ2n) is 4.76. The molecule has 0 aromatic carbocycles. The Morgan fingerprint density at radius 2 is 1.81 bits per heavy atom. The molecule has 1 N–H and O–H groups in total. The van der Waals surface area contributed by atoms with E-state index in [-0.39, 0.29) is 0 Å². The van der Waals surface area contributed by atoms with Gasteiger partial charge in [-0.25, -0.2) is 9.97 Å². The molecule has 0 saturated heterocycles. The van der Waals surface area contributed by atoms with E-state index in [1.165, 1.54) is 11.3 Å². The van der Waals surface area contributed by atoms with Crippen LogP contribution in [-0.2, 0) is 0 Å². The molecule has 0 radical (unpaired) electrons. The minimum absolute atomic E-state index is 0.447. The SMILES string of the molecule is CCCNc1ncnc(C(C)C)c1C(C)C. The average molecular weight is 221 g/mol. The Bertz CT molecular complexity index is 332. The molecule has 0 spiro atoms. The van der Waals surface area contributed by atoms with Gasteiger partial charge in [0.2, 0.25) is 0 Å². The van der Waals surface area contributed by atoms with E-state index in [1.807, 2.05) is 0 Å². The Morgan fingerprint density at radius 3 is 2.31 bits per heavy atom. The molecule has 3 heteroatoms. The van der Waals surface area contributed by atoms with Gasteiger partial charge >= 0.3 is 0 Å². The van der Waals surface area contributed by atoms with Gasteiger partial charge in [-0.2, -0.15) is 0 Å². The zero-order chi connectivity index (χ0) is 12.1. The molecule has 0 aliphatic heterocycles. The molecule has 90 valence electrons. The number of hydrogen-bond acceptors (Lipinski definition) is 3. The van der Waals surface area contributed by atoms with E-state index in [9.17, 15) is 0 Å². The fourth-order valence-electron chi connectivity index (χ4n) is 1.82. The summed E-state index contributed by atoms with van der Waals surface area (Å²) in [6.45, 7) is 11.9. The first-order valence-electron chi connectivity index (χ1n) is 6.16. The minimum atomic E-state index is 0.447. The van der Waals surface area contributed by atoms with E-state index in [1.54, 1.807) is 6.33 Å². The summed E-state index contributed by atoms with van der Waals surface area (Å²) in [5.41, 5.74) is 2.44. The minimum Gasteiger partial charge on any atom is -0.370 e. The molecule has 16 heavy (non-hydrogen) atoms. The highest BCUT2D eigenvalue weighted by Gasteiger charge is 2.16. The summed E-state index contributed by atoms with van der Waals surface area (Å²) in [5, 5.41) is 3.39. The first-order valence-corrected chi connectivity index (χ1v) is 6.16. The highest BCUT2D eigenvalue weighted by Crippen LogP contribution is 2.29. The van der Waals surface area contributed by atoms with Crippen LogP contribution in [0.15, 0.2) is 6.33 Å². The van der Waals surface area contributed by atoms with Crippen LogP contribution < -0.4 is 5.32 Å². The summed E-state index contributed by atoms with van der Waals surface area (Å²) in [6.07, 6.45) is 2.78. The summed E-state index contributed by atoms with van der Waals surface area (Å²) in [5.74, 6) is 1.91. The van der Waals surface area contributed by atoms with Crippen molar-refractivity contribution in [3.05, 3.63) is 17.6 Å². The lowest BCUT2D eigenvalue weighted by Gasteiger charge is -2.18. The second-order valence-corrected chi connectivity index (χ2v) is 4.76. The molecule has 1 heterocycles. The van der Waals surface area contributed by atoms with Gasteiger partial charge in [0.15, 0.2) is 0 Å². The molecule has 0 saturated carbocycles. The number of nitrogens with zero attached hydrogens (tertiary/aromatic N) is 2. The van der Waals surface area contributed by atoms with Gasteiger partial charge in [0, 0.05) is 12.1 Å². The summed E-state index contributed by atoms with van der Waals surface area (Å²) in [7, 11) is 0. The Morgan fingerprint density at radius 1 is 1.12 bits per heavy atom. The normalized spacial score (nSPS) is 11.2. The van der Waals surface area contributed by atoms with Gasteiger partial charge < -0.3 is 5.32 Å². The highest BCUT2D eigenvalue weighted by atomic mass is 15.0. The predicted octanol–water partition coefficient (Wildman–Crippen LogP) is 3.55. The van der Waals surface area contributed by atoms with Gasteiger partial charge in [-0.05, 0) is 18.3 Å². The van der Waals surface area contributed by atoms with E-state index in [0.29, 0.717) is 11.8 Å². The fraction of sp³-hybridized carbons (Fsp3) is 0.692. The van der Waals surface area contributed by atoms with Gasteiger partial charge in [0.1, 0.15) is 12.1 Å². The third kappa shape index (κ3) is 2.94. The van der Waals surface area contributed by atoms with Crippen molar-refractivity contribution in [2.45, 2.75) is 52.9 Å². The van der Waals surface area contributed by atoms with Gasteiger partial charge in [-0.15, -0.1) is 0 Å². The topological polar surface area (TPSA) is 37.8 Å². The molecule has 1 rings (SSSR count). The maximum atomic E-state index is 4.42. The molecule has 1 aromatic heterocycles. The maximum Gasteiger partial charge on any atom is 0.133 e. The van der Waals surface area contributed by atoms with Crippen molar-refractivity contribution in [2.75, 3.05) is 11.9 Å². The van der Waals surface area contributed by atoms with Crippen LogP contribution in [0, 0.1) is 0 Å². The quantitative estimate of drug-likeness (QED) is 0.826. The van der Waals surface area contributed by atoms with Crippen LogP contribution in [0.2, 0.25) is 0 Å². The predicted molar refractivity (Wildman–Crippen MR) is 69.0 cm³/mol. The molecule has 0 atom stereocenters. The van der Waals surface area contributed by atoms with E-state index >= 15 is 0 Å². The Labute approximate surface area is 98.7 Å². The van der Waals surface area contributed by atoms with Crippen LogP contribution in [0.3, 0.4) is 0 Å². The smallest absolute Gasteiger partial charge is 0.133 e. The summed E-state index contributed by atoms with van der Waals surface area (Å²) in [6, 6.07) is 0. The number of rotatable bonds is 5. The number of anilines is 1. The molecule has 3 nitrogen and oxygen atoms in total. The molecule has 0 aliphatic rings. The summed E-state index contributed by atoms with van der Waals surface area (Å²) in [4.78, 5) is 8.78. The van der Waals surface area contributed by atoms with Crippen molar-refractivity contribution in [1.29, 1.82) is 0 Å². The average Bonchev–Trinajstić information content (AvgIpc) is 2.25. The van der Waals surface area contributed by atoms with Gasteiger partial charge in [-0.1, -0.05) is 34.6 Å². The maximum absolute atomic E-state index is 4.42. The first kappa shape index (κ1) is 12.9. The molecular weight excluding hydrogens is 198 g/mol. The van der Waals surface area contributed by atoms with E-state index < -0.39 is 0 Å². The van der Waals surface area contributed by atoms with Crippen LogP contribution in [0.1, 0.15) is 64.1 Å². The monoisotopic (exact) mass is 221 g/mol. The lowest BCUT2D eigenvalue weighted by atomic mass is 9.96. The number of hydrogen-bond donors (Lipinski definition) is 1. The lowest BCUT2D eigenvalue weighted by molar-refractivity contribution is 0.746. The number of nitrogens with one attached hydrogen (secondary N) is 1. The Kier molecular flexibility index (Phi) is 4.71. The van der Waals surface area contributed by atoms with Crippen molar-refractivity contribution < 1.29 is 0 Å². The van der Waals surface area contributed by atoms with Crippen molar-refractivity contribution in [3.8, 4) is 0 Å². The van der Waals surface area contributed by atoms with Crippen LogP contribution in [-0.4, -0.2) is 16.5 Å². The van der Waals surface area contributed by atoms with Crippen molar-refractivity contribution in [2.24, 2.45) is 0 Å². The largest absolute Gasteiger partial charge is 0.370 e. The summed E-state index contributed by atoms with van der Waals surface area (Å²) < 4.78 is 0. The molecule has 1 aromatic rings. The fourth-order valence-corrected chi connectivity index (χ4v) is 1.82. The molecule has 0 fully saturated rings. The zero-order valence-electron chi connectivity index (χ0n) is 11.0. The van der Waals surface area contributed by atoms with E-state index in [2.05, 4.69) is 49.9 Å². The highest BCUT2D eigenvalue weighted by molar-refractivity contribution is 5.48. The molecule has 0 unspecified atom stereocenters. The van der Waals surface area contributed by atoms with Crippen molar-refractivity contribution in [1.82, 2.24) is 9.97 Å². The zero-order valence-corrected chi connectivity index (χ0v) is 11.0. The van der Waals surface area contributed by atoms with Crippen LogP contribution in [0.25, 0.3) is 0 Å². The third-order valence-corrected chi connectivity index (χ3v) is 2.58. The Balaban J connectivity index is 3.11. The summed E-state index contributed by atoms with van der Waals surface area (Å²) >= 11 is 0. The van der Waals surface area contributed by atoms with Crippen LogP contribution in [0.5, 0.6) is 0 Å².